The van der Waals surface area contributed by atoms with Gasteiger partial charge in [-0.1, -0.05) is 44.9 Å². The fraction of sp³-hybridized carbons (Fsp3) is 0.588. The molecular weight excluding hydrogens is 351 g/mol. The molecule has 0 N–H and O–H groups in total. The Kier molecular flexibility index (Phi) is 10.3. The van der Waals surface area contributed by atoms with Gasteiger partial charge in [-0.15, -0.1) is 0 Å². The highest BCUT2D eigenvalue weighted by Gasteiger charge is 2.29. The second kappa shape index (κ2) is 11.6. The maximum absolute atomic E-state index is 12.9. The maximum atomic E-state index is 12.9. The van der Waals surface area contributed by atoms with E-state index in [1.165, 1.54) is 0 Å². The van der Waals surface area contributed by atoms with E-state index >= 15 is 0 Å². The molecule has 0 amide bonds. The third-order valence-electron chi connectivity index (χ3n) is 3.27. The normalized spacial score (nSPS) is 11.5. The molecule has 0 heterocycles. The molecule has 0 radical (unpaired) electrons. The highest BCUT2D eigenvalue weighted by molar-refractivity contribution is 7.48. The van der Waals surface area contributed by atoms with E-state index in [2.05, 4.69) is 0 Å². The zero-order valence-corrected chi connectivity index (χ0v) is 16.0. The number of benzene rings is 1. The summed E-state index contributed by atoms with van der Waals surface area (Å²) in [5.74, 6) is 0.395. The predicted octanol–water partition coefficient (Wildman–Crippen LogP) is 5.50. The number of hydrogen-bond donors (Lipinski definition) is 0. The van der Waals surface area contributed by atoms with Gasteiger partial charge in [-0.2, -0.15) is 0 Å². The molecule has 1 rings (SSSR count). The number of hydrogen-bond acceptors (Lipinski definition) is 5. The van der Waals surface area contributed by atoms with Crippen LogP contribution in [0.5, 0.6) is 5.75 Å². The van der Waals surface area contributed by atoms with Crippen LogP contribution in [-0.4, -0.2) is 18.5 Å². The summed E-state index contributed by atoms with van der Waals surface area (Å²) in [7, 11) is -3.69. The van der Waals surface area contributed by atoms with Gasteiger partial charge in [0.25, 0.3) is 0 Å². The summed E-state index contributed by atoms with van der Waals surface area (Å²) in [6.45, 7) is 4.65. The summed E-state index contributed by atoms with van der Waals surface area (Å²) in [5.41, 5.74) is 0.741. The molecule has 0 saturated heterocycles. The van der Waals surface area contributed by atoms with Crippen molar-refractivity contribution in [1.29, 1.82) is 0 Å². The third kappa shape index (κ3) is 8.29. The first-order valence-corrected chi connectivity index (χ1v) is 10.2. The van der Waals surface area contributed by atoms with Crippen molar-refractivity contribution in [2.24, 2.45) is 0 Å². The number of carbonyl (C=O) groups is 1. The van der Waals surface area contributed by atoms with Crippen LogP contribution >= 0.6 is 19.4 Å². The molecule has 0 saturated carbocycles. The number of aryl methyl sites for hydroxylation is 1. The highest BCUT2D eigenvalue weighted by Crippen LogP contribution is 2.50. The van der Waals surface area contributed by atoms with Gasteiger partial charge in [0.2, 0.25) is 5.24 Å². The van der Waals surface area contributed by atoms with Crippen molar-refractivity contribution in [1.82, 2.24) is 0 Å². The Bertz CT molecular complexity index is 536. The Morgan fingerprint density at radius 3 is 2.21 bits per heavy atom. The minimum Gasteiger partial charge on any atom is -0.404 e. The number of rotatable bonds is 13. The molecule has 0 fully saturated rings. The molecule has 5 nitrogen and oxygen atoms in total. The summed E-state index contributed by atoms with van der Waals surface area (Å²) in [6.07, 6.45) is 3.97. The largest absolute Gasteiger partial charge is 0.530 e. The van der Waals surface area contributed by atoms with E-state index in [4.69, 9.17) is 25.2 Å². The second-order valence-electron chi connectivity index (χ2n) is 5.37. The average Bonchev–Trinajstić information content (AvgIpc) is 2.54. The summed E-state index contributed by atoms with van der Waals surface area (Å²) < 4.78 is 29.3. The first-order valence-electron chi connectivity index (χ1n) is 8.35. The van der Waals surface area contributed by atoms with Crippen LogP contribution in [0.3, 0.4) is 0 Å². The number of phosphoric acid groups is 1. The highest BCUT2D eigenvalue weighted by atomic mass is 35.5. The molecule has 0 spiro atoms. The molecule has 0 unspecified atom stereocenters. The Morgan fingerprint density at radius 1 is 1.08 bits per heavy atom. The molecule has 1 aromatic carbocycles. The van der Waals surface area contributed by atoms with Gasteiger partial charge in [0.15, 0.2) is 0 Å². The minimum absolute atomic E-state index is 0.180. The standard InChI is InChI=1S/C17H26ClO5P/c1-3-5-13-21-24(20,22-14-6-4-2)23-16-10-8-7-9-15(16)11-12-17(18)19/h7-10H,3-6,11-14H2,1-2H3. The van der Waals surface area contributed by atoms with Crippen LogP contribution in [0.2, 0.25) is 0 Å². The van der Waals surface area contributed by atoms with Gasteiger partial charge in [-0.3, -0.25) is 13.8 Å². The zero-order chi connectivity index (χ0) is 17.8. The molecule has 0 bridgehead atoms. The lowest BCUT2D eigenvalue weighted by Gasteiger charge is -2.20. The maximum Gasteiger partial charge on any atom is 0.530 e. The van der Waals surface area contributed by atoms with E-state index in [-0.39, 0.29) is 6.42 Å². The van der Waals surface area contributed by atoms with Crippen molar-refractivity contribution in [2.75, 3.05) is 13.2 Å². The molecule has 24 heavy (non-hydrogen) atoms. The van der Waals surface area contributed by atoms with Gasteiger partial charge >= 0.3 is 7.82 Å². The van der Waals surface area contributed by atoms with E-state index < -0.39 is 13.1 Å². The monoisotopic (exact) mass is 376 g/mol. The predicted molar refractivity (Wildman–Crippen MR) is 95.6 cm³/mol. The molecule has 136 valence electrons. The van der Waals surface area contributed by atoms with Gasteiger partial charge < -0.3 is 4.52 Å². The number of unbranched alkanes of at least 4 members (excludes halogenated alkanes) is 2. The van der Waals surface area contributed by atoms with Crippen molar-refractivity contribution >= 4 is 24.7 Å². The molecular formula is C17H26ClO5P. The van der Waals surface area contributed by atoms with Crippen LogP contribution in [0.15, 0.2) is 24.3 Å². The van der Waals surface area contributed by atoms with Crippen molar-refractivity contribution in [3.63, 3.8) is 0 Å². The number of carbonyl (C=O) groups excluding carboxylic acids is 1. The van der Waals surface area contributed by atoms with E-state index in [1.54, 1.807) is 18.2 Å². The molecule has 0 aromatic heterocycles. The molecule has 1 aromatic rings. The van der Waals surface area contributed by atoms with Crippen LogP contribution in [0, 0.1) is 0 Å². The van der Waals surface area contributed by atoms with Crippen LogP contribution < -0.4 is 4.52 Å². The number of para-hydroxylation sites is 1. The number of halogens is 1. The summed E-state index contributed by atoms with van der Waals surface area (Å²) in [4.78, 5) is 11.0. The molecule has 0 aliphatic carbocycles. The van der Waals surface area contributed by atoms with E-state index in [9.17, 15) is 9.36 Å². The van der Waals surface area contributed by atoms with Crippen molar-refractivity contribution in [3.8, 4) is 5.75 Å². The van der Waals surface area contributed by atoms with Crippen molar-refractivity contribution in [2.45, 2.75) is 52.4 Å². The van der Waals surface area contributed by atoms with Gasteiger partial charge in [0.1, 0.15) is 5.75 Å². The van der Waals surface area contributed by atoms with Crippen molar-refractivity contribution < 1.29 is 22.9 Å². The molecule has 0 aliphatic rings. The topological polar surface area (TPSA) is 61.8 Å². The van der Waals surface area contributed by atoms with Crippen LogP contribution in [0.1, 0.15) is 51.5 Å². The quantitative estimate of drug-likeness (QED) is 0.258. The minimum atomic E-state index is -3.69. The Morgan fingerprint density at radius 2 is 1.67 bits per heavy atom. The Hall–Kier alpha value is -0.870. The fourth-order valence-electron chi connectivity index (χ4n) is 1.88. The molecule has 7 heteroatoms. The lowest BCUT2D eigenvalue weighted by atomic mass is 10.1. The first kappa shape index (κ1) is 21.2. The van der Waals surface area contributed by atoms with Gasteiger partial charge in [0.05, 0.1) is 13.2 Å². The summed E-state index contributed by atoms with van der Waals surface area (Å²) >= 11 is 5.40. The molecule has 0 aliphatic heterocycles. The van der Waals surface area contributed by atoms with Crippen LogP contribution in [0.25, 0.3) is 0 Å². The van der Waals surface area contributed by atoms with E-state index in [1.807, 2.05) is 19.9 Å². The lowest BCUT2D eigenvalue weighted by molar-refractivity contribution is -0.111. The van der Waals surface area contributed by atoms with Crippen LogP contribution in [0.4, 0.5) is 0 Å². The van der Waals surface area contributed by atoms with Crippen LogP contribution in [-0.2, 0) is 24.8 Å². The fourth-order valence-corrected chi connectivity index (χ4v) is 3.28. The van der Waals surface area contributed by atoms with Gasteiger partial charge in [0, 0.05) is 6.42 Å². The Balaban J connectivity index is 2.84. The summed E-state index contributed by atoms with van der Waals surface area (Å²) in [5, 5.41) is -0.425. The Labute approximate surface area is 149 Å². The molecule has 0 atom stereocenters. The third-order valence-corrected chi connectivity index (χ3v) is 4.88. The van der Waals surface area contributed by atoms with Gasteiger partial charge in [-0.25, -0.2) is 4.57 Å². The first-order chi connectivity index (χ1) is 11.5. The van der Waals surface area contributed by atoms with E-state index in [0.717, 1.165) is 31.2 Å². The summed E-state index contributed by atoms with van der Waals surface area (Å²) in [6, 6.07) is 7.08. The van der Waals surface area contributed by atoms with Crippen molar-refractivity contribution in [3.05, 3.63) is 29.8 Å². The SMILES string of the molecule is CCCCOP(=O)(OCCCC)Oc1ccccc1CCC(=O)Cl. The number of phosphoric ester groups is 1. The average molecular weight is 377 g/mol. The second-order valence-corrected chi connectivity index (χ2v) is 7.39. The zero-order valence-electron chi connectivity index (χ0n) is 14.3. The smallest absolute Gasteiger partial charge is 0.404 e. The lowest BCUT2D eigenvalue weighted by Crippen LogP contribution is -2.06. The van der Waals surface area contributed by atoms with E-state index in [0.29, 0.717) is 25.4 Å². The van der Waals surface area contributed by atoms with Gasteiger partial charge in [-0.05, 0) is 42.5 Å².